The Morgan fingerprint density at radius 2 is 1.48 bits per heavy atom. The maximum absolute atomic E-state index is 13.6. The van der Waals surface area contributed by atoms with Crippen LogP contribution in [0.5, 0.6) is 0 Å². The summed E-state index contributed by atoms with van der Waals surface area (Å²) in [5, 5.41) is 2.41. The number of aromatic nitrogens is 2. The average Bonchev–Trinajstić information content (AvgIpc) is 2.43. The topological polar surface area (TPSA) is 63.8 Å². The Morgan fingerprint density at radius 1 is 0.905 bits per heavy atom. The van der Waals surface area contributed by atoms with E-state index in [-0.39, 0.29) is 11.6 Å². The molecule has 3 aromatic rings. The molecule has 106 valence electrons. The molecular formula is C14H9F3N4. The molecule has 1 heterocycles. The molecule has 0 bridgehead atoms. The van der Waals surface area contributed by atoms with Crippen LogP contribution in [0.3, 0.4) is 0 Å². The second-order valence-electron chi connectivity index (χ2n) is 4.32. The van der Waals surface area contributed by atoms with Gasteiger partial charge in [0.1, 0.15) is 11.5 Å². The van der Waals surface area contributed by atoms with Crippen molar-refractivity contribution in [1.82, 2.24) is 9.97 Å². The normalized spacial score (nSPS) is 10.8. The van der Waals surface area contributed by atoms with E-state index in [0.717, 1.165) is 0 Å². The van der Waals surface area contributed by atoms with Crippen molar-refractivity contribution in [1.29, 1.82) is 0 Å². The van der Waals surface area contributed by atoms with Crippen molar-refractivity contribution in [2.24, 2.45) is 0 Å². The molecule has 21 heavy (non-hydrogen) atoms. The smallest absolute Gasteiger partial charge is 0.174 e. The molecule has 0 spiro atoms. The number of nitrogens with one attached hydrogen (secondary N) is 1. The lowest BCUT2D eigenvalue weighted by atomic mass is 10.2. The summed E-state index contributed by atoms with van der Waals surface area (Å²) in [5.41, 5.74) is 6.24. The predicted octanol–water partition coefficient (Wildman–Crippen LogP) is 3.37. The molecule has 0 atom stereocenters. The standard InChI is InChI=1S/C14H9F3N4/c15-7-5-8(16)12(9(17)6-7)21-14-13(18)19-10-3-1-2-4-11(10)20-14/h1-6H,(H2,18,19)(H,20,21). The Morgan fingerprint density at radius 3 is 2.10 bits per heavy atom. The van der Waals surface area contributed by atoms with Crippen molar-refractivity contribution in [3.63, 3.8) is 0 Å². The number of rotatable bonds is 2. The minimum Gasteiger partial charge on any atom is -0.381 e. The summed E-state index contributed by atoms with van der Waals surface area (Å²) in [6.45, 7) is 0. The fraction of sp³-hybridized carbons (Fsp3) is 0. The molecule has 0 radical (unpaired) electrons. The maximum Gasteiger partial charge on any atom is 0.174 e. The van der Waals surface area contributed by atoms with Crippen LogP contribution in [0.4, 0.5) is 30.5 Å². The SMILES string of the molecule is Nc1nc2ccccc2nc1Nc1c(F)cc(F)cc1F. The highest BCUT2D eigenvalue weighted by Crippen LogP contribution is 2.27. The van der Waals surface area contributed by atoms with Crippen LogP contribution in [0.25, 0.3) is 11.0 Å². The number of hydrogen-bond donors (Lipinski definition) is 2. The minimum absolute atomic E-state index is 0.00175. The van der Waals surface area contributed by atoms with Gasteiger partial charge in [-0.3, -0.25) is 0 Å². The second-order valence-corrected chi connectivity index (χ2v) is 4.32. The van der Waals surface area contributed by atoms with Gasteiger partial charge in [0.05, 0.1) is 11.0 Å². The van der Waals surface area contributed by atoms with Gasteiger partial charge in [0, 0.05) is 12.1 Å². The number of nitrogens with two attached hydrogens (primary N) is 1. The number of fused-ring (bicyclic) bond motifs is 1. The van der Waals surface area contributed by atoms with Crippen molar-refractivity contribution in [3.05, 3.63) is 53.8 Å². The van der Waals surface area contributed by atoms with Crippen LogP contribution in [0.15, 0.2) is 36.4 Å². The molecule has 2 aromatic carbocycles. The molecule has 0 aliphatic carbocycles. The number of nitrogens with zero attached hydrogens (tertiary/aromatic N) is 2. The fourth-order valence-electron chi connectivity index (χ4n) is 1.89. The monoisotopic (exact) mass is 290 g/mol. The highest BCUT2D eigenvalue weighted by molar-refractivity contribution is 5.81. The largest absolute Gasteiger partial charge is 0.381 e. The predicted molar refractivity (Wildman–Crippen MR) is 73.5 cm³/mol. The van der Waals surface area contributed by atoms with Crippen LogP contribution < -0.4 is 11.1 Å². The van der Waals surface area contributed by atoms with Crippen molar-refractivity contribution in [3.8, 4) is 0 Å². The van der Waals surface area contributed by atoms with Gasteiger partial charge in [0.2, 0.25) is 0 Å². The van der Waals surface area contributed by atoms with Gasteiger partial charge >= 0.3 is 0 Å². The van der Waals surface area contributed by atoms with Gasteiger partial charge in [-0.2, -0.15) is 0 Å². The van der Waals surface area contributed by atoms with Gasteiger partial charge in [-0.05, 0) is 12.1 Å². The molecule has 7 heteroatoms. The Balaban J connectivity index is 2.08. The van der Waals surface area contributed by atoms with Crippen molar-refractivity contribution in [2.45, 2.75) is 0 Å². The third-order valence-corrected chi connectivity index (χ3v) is 2.85. The number of nitrogen functional groups attached to an aromatic ring is 1. The van der Waals surface area contributed by atoms with Gasteiger partial charge in [0.25, 0.3) is 0 Å². The molecule has 0 fully saturated rings. The molecule has 1 aromatic heterocycles. The van der Waals surface area contributed by atoms with E-state index < -0.39 is 23.1 Å². The summed E-state index contributed by atoms with van der Waals surface area (Å²) in [6.07, 6.45) is 0. The van der Waals surface area contributed by atoms with Gasteiger partial charge in [-0.1, -0.05) is 12.1 Å². The number of para-hydroxylation sites is 2. The number of benzene rings is 2. The molecule has 0 saturated carbocycles. The Labute approximate surface area is 117 Å². The summed E-state index contributed by atoms with van der Waals surface area (Å²) in [5.74, 6) is -3.19. The minimum atomic E-state index is -1.08. The zero-order valence-electron chi connectivity index (χ0n) is 10.6. The first-order valence-electron chi connectivity index (χ1n) is 5.98. The molecule has 0 aliphatic rings. The van der Waals surface area contributed by atoms with Crippen LogP contribution >= 0.6 is 0 Å². The highest BCUT2D eigenvalue weighted by atomic mass is 19.1. The number of anilines is 3. The molecule has 0 saturated heterocycles. The van der Waals surface area contributed by atoms with E-state index in [9.17, 15) is 13.2 Å². The Bertz CT molecular complexity index is 813. The molecule has 0 aliphatic heterocycles. The van der Waals surface area contributed by atoms with Gasteiger partial charge in [-0.15, -0.1) is 0 Å². The average molecular weight is 290 g/mol. The van der Waals surface area contributed by atoms with Gasteiger partial charge in [0.15, 0.2) is 23.3 Å². The van der Waals surface area contributed by atoms with E-state index in [1.807, 2.05) is 0 Å². The van der Waals surface area contributed by atoms with E-state index in [4.69, 9.17) is 5.73 Å². The Hall–Kier alpha value is -2.83. The van der Waals surface area contributed by atoms with Crippen molar-refractivity contribution < 1.29 is 13.2 Å². The van der Waals surface area contributed by atoms with E-state index in [1.54, 1.807) is 24.3 Å². The maximum atomic E-state index is 13.6. The first-order valence-corrected chi connectivity index (χ1v) is 5.98. The van der Waals surface area contributed by atoms with Crippen LogP contribution in [0.1, 0.15) is 0 Å². The Kier molecular flexibility index (Phi) is 3.09. The molecule has 0 unspecified atom stereocenters. The summed E-state index contributed by atoms with van der Waals surface area (Å²) in [7, 11) is 0. The van der Waals surface area contributed by atoms with Gasteiger partial charge < -0.3 is 11.1 Å². The highest BCUT2D eigenvalue weighted by Gasteiger charge is 2.14. The van der Waals surface area contributed by atoms with Gasteiger partial charge in [-0.25, -0.2) is 23.1 Å². The third kappa shape index (κ3) is 2.45. The van der Waals surface area contributed by atoms with Crippen molar-refractivity contribution >= 4 is 28.4 Å². The summed E-state index contributed by atoms with van der Waals surface area (Å²) in [6, 6.07) is 8.04. The third-order valence-electron chi connectivity index (χ3n) is 2.85. The molecule has 3 rings (SSSR count). The van der Waals surface area contributed by atoms with E-state index in [2.05, 4.69) is 15.3 Å². The lowest BCUT2D eigenvalue weighted by Crippen LogP contribution is -2.05. The zero-order chi connectivity index (χ0) is 15.0. The lowest BCUT2D eigenvalue weighted by Gasteiger charge is -2.10. The molecule has 3 N–H and O–H groups in total. The van der Waals surface area contributed by atoms with Crippen LogP contribution in [-0.2, 0) is 0 Å². The van der Waals surface area contributed by atoms with E-state index in [0.29, 0.717) is 23.2 Å². The van der Waals surface area contributed by atoms with Crippen LogP contribution in [0, 0.1) is 17.5 Å². The quantitative estimate of drug-likeness (QED) is 0.759. The summed E-state index contributed by atoms with van der Waals surface area (Å²) < 4.78 is 40.1. The van der Waals surface area contributed by atoms with E-state index >= 15 is 0 Å². The molecule has 4 nitrogen and oxygen atoms in total. The lowest BCUT2D eigenvalue weighted by molar-refractivity contribution is 0.549. The summed E-state index contributed by atoms with van der Waals surface area (Å²) >= 11 is 0. The molecular weight excluding hydrogens is 281 g/mol. The number of hydrogen-bond acceptors (Lipinski definition) is 4. The van der Waals surface area contributed by atoms with Crippen LogP contribution in [-0.4, -0.2) is 9.97 Å². The zero-order valence-corrected chi connectivity index (χ0v) is 10.6. The fourth-order valence-corrected chi connectivity index (χ4v) is 1.89. The number of halogens is 3. The van der Waals surface area contributed by atoms with Crippen molar-refractivity contribution in [2.75, 3.05) is 11.1 Å². The van der Waals surface area contributed by atoms with E-state index in [1.165, 1.54) is 0 Å². The first kappa shape index (κ1) is 13.2. The summed E-state index contributed by atoms with van der Waals surface area (Å²) in [4.78, 5) is 8.23. The first-order chi connectivity index (χ1) is 10.0. The second kappa shape index (κ2) is 4.93. The van der Waals surface area contributed by atoms with Crippen LogP contribution in [0.2, 0.25) is 0 Å². The molecule has 0 amide bonds.